The van der Waals surface area contributed by atoms with Crippen LogP contribution in [0.3, 0.4) is 0 Å². The summed E-state index contributed by atoms with van der Waals surface area (Å²) in [6.07, 6.45) is 2.44. The van der Waals surface area contributed by atoms with E-state index in [1.54, 1.807) is 18.2 Å². The Balaban J connectivity index is 2.25. The fraction of sp³-hybridized carbons (Fsp3) is 0.200. The fourth-order valence-corrected chi connectivity index (χ4v) is 3.69. The molecular formula is C15H14O3S. The third-order valence-electron chi connectivity index (χ3n) is 3.51. The molecule has 0 unspecified atom stereocenters. The highest BCUT2D eigenvalue weighted by Crippen LogP contribution is 2.28. The van der Waals surface area contributed by atoms with Crippen LogP contribution in [0.4, 0.5) is 0 Å². The highest BCUT2D eigenvalue weighted by atomic mass is 32.2. The Hall–Kier alpha value is -1.81. The number of sulfone groups is 1. The van der Waals surface area contributed by atoms with Crippen molar-refractivity contribution in [3.8, 4) is 5.75 Å². The topological polar surface area (TPSA) is 54.4 Å². The molecule has 0 aliphatic carbocycles. The minimum atomic E-state index is -3.49. The largest absolute Gasteiger partial charge is 0.508 e. The van der Waals surface area contributed by atoms with Crippen molar-refractivity contribution in [1.29, 1.82) is 0 Å². The summed E-state index contributed by atoms with van der Waals surface area (Å²) in [4.78, 5) is 0.546. The number of aromatic hydroxyl groups is 1. The van der Waals surface area contributed by atoms with Crippen LogP contribution in [0.25, 0.3) is 0 Å². The van der Waals surface area contributed by atoms with Crippen LogP contribution in [0.2, 0.25) is 0 Å². The smallest absolute Gasteiger partial charge is 0.206 e. The Morgan fingerprint density at radius 2 is 1.58 bits per heavy atom. The monoisotopic (exact) mass is 274 g/mol. The number of fused-ring (bicyclic) bond motifs is 4. The van der Waals surface area contributed by atoms with Crippen LogP contribution < -0.4 is 0 Å². The highest BCUT2D eigenvalue weighted by molar-refractivity contribution is 7.91. The first-order valence-corrected chi connectivity index (χ1v) is 7.71. The van der Waals surface area contributed by atoms with Crippen molar-refractivity contribution in [3.63, 3.8) is 0 Å². The molecule has 2 aromatic rings. The van der Waals surface area contributed by atoms with Crippen LogP contribution in [0.5, 0.6) is 5.75 Å². The van der Waals surface area contributed by atoms with Crippen LogP contribution in [0, 0.1) is 0 Å². The van der Waals surface area contributed by atoms with Crippen molar-refractivity contribution in [2.75, 3.05) is 0 Å². The molecule has 19 heavy (non-hydrogen) atoms. The summed E-state index contributed by atoms with van der Waals surface area (Å²) in [5, 5.41) is 9.80. The molecule has 0 saturated carbocycles. The SMILES string of the molecule is O=S1(=O)c2ccc(cc2)CCCc2cc1ccc2O. The van der Waals surface area contributed by atoms with Crippen LogP contribution in [-0.4, -0.2) is 13.5 Å². The summed E-state index contributed by atoms with van der Waals surface area (Å²) in [5.41, 5.74) is 1.82. The van der Waals surface area contributed by atoms with Gasteiger partial charge in [-0.2, -0.15) is 0 Å². The first kappa shape index (κ1) is 12.2. The average molecular weight is 274 g/mol. The molecule has 0 spiro atoms. The predicted molar refractivity (Wildman–Crippen MR) is 72.0 cm³/mol. The van der Waals surface area contributed by atoms with E-state index >= 15 is 0 Å². The molecule has 4 bridgehead atoms. The number of rotatable bonds is 0. The van der Waals surface area contributed by atoms with Gasteiger partial charge in [-0.15, -0.1) is 0 Å². The number of benzene rings is 2. The zero-order valence-corrected chi connectivity index (χ0v) is 11.2. The van der Waals surface area contributed by atoms with Crippen molar-refractivity contribution in [2.45, 2.75) is 29.1 Å². The van der Waals surface area contributed by atoms with Crippen LogP contribution >= 0.6 is 0 Å². The van der Waals surface area contributed by atoms with Crippen molar-refractivity contribution in [1.82, 2.24) is 0 Å². The molecule has 0 amide bonds. The summed E-state index contributed by atoms with van der Waals surface area (Å²) in [5.74, 6) is 0.168. The Morgan fingerprint density at radius 3 is 2.32 bits per heavy atom. The van der Waals surface area contributed by atoms with E-state index in [2.05, 4.69) is 0 Å². The van der Waals surface area contributed by atoms with Gasteiger partial charge in [0.2, 0.25) is 9.84 Å². The maximum Gasteiger partial charge on any atom is 0.206 e. The summed E-state index contributed by atoms with van der Waals surface area (Å²) in [7, 11) is -3.49. The lowest BCUT2D eigenvalue weighted by molar-refractivity contribution is 0.466. The number of hydrogen-bond donors (Lipinski definition) is 1. The van der Waals surface area contributed by atoms with Gasteiger partial charge in [-0.3, -0.25) is 0 Å². The van der Waals surface area contributed by atoms with Gasteiger partial charge in [-0.25, -0.2) is 8.42 Å². The summed E-state index contributed by atoms with van der Waals surface area (Å²) >= 11 is 0. The zero-order valence-electron chi connectivity index (χ0n) is 10.3. The fourth-order valence-electron chi connectivity index (χ4n) is 2.38. The zero-order chi connectivity index (χ0) is 13.5. The van der Waals surface area contributed by atoms with Crippen molar-refractivity contribution < 1.29 is 13.5 Å². The van der Waals surface area contributed by atoms with Crippen LogP contribution in [0.15, 0.2) is 52.3 Å². The molecule has 2 heterocycles. The maximum absolute atomic E-state index is 12.5. The lowest BCUT2D eigenvalue weighted by Crippen LogP contribution is -2.02. The van der Waals surface area contributed by atoms with E-state index < -0.39 is 9.84 Å². The molecule has 2 aliphatic heterocycles. The van der Waals surface area contributed by atoms with Crippen LogP contribution in [-0.2, 0) is 22.7 Å². The molecule has 2 aliphatic rings. The standard InChI is InChI=1S/C15H14O3S/c16-15-9-8-14-10-12(15)3-1-2-11-4-6-13(7-5-11)19(14,17)18/h4-10,16H,1-3H2. The van der Waals surface area contributed by atoms with Gasteiger partial charge in [0.05, 0.1) is 9.79 Å². The Kier molecular flexibility index (Phi) is 2.82. The average Bonchev–Trinajstić information content (AvgIpc) is 2.43. The summed E-state index contributed by atoms with van der Waals surface area (Å²) < 4.78 is 24.9. The molecule has 0 aromatic heterocycles. The number of aryl methyl sites for hydroxylation is 2. The molecule has 3 nitrogen and oxygen atoms in total. The highest BCUT2D eigenvalue weighted by Gasteiger charge is 2.19. The van der Waals surface area contributed by atoms with E-state index in [4.69, 9.17) is 0 Å². The second-order valence-corrected chi connectivity index (χ2v) is 6.74. The lowest BCUT2D eigenvalue weighted by Gasteiger charge is -2.07. The Labute approximate surface area is 112 Å². The van der Waals surface area contributed by atoms with Crippen molar-refractivity contribution in [3.05, 3.63) is 53.6 Å². The van der Waals surface area contributed by atoms with Crippen molar-refractivity contribution >= 4 is 9.84 Å². The molecule has 0 atom stereocenters. The molecule has 0 radical (unpaired) electrons. The van der Waals surface area contributed by atoms with Gasteiger partial charge >= 0.3 is 0 Å². The molecule has 0 saturated heterocycles. The minimum absolute atomic E-state index is 0.168. The number of phenols is 1. The number of phenolic OH excluding ortho intramolecular Hbond substituents is 1. The van der Waals surface area contributed by atoms with Crippen LogP contribution in [0.1, 0.15) is 17.5 Å². The van der Waals surface area contributed by atoms with Gasteiger partial charge in [-0.05, 0) is 60.7 Å². The Morgan fingerprint density at radius 1 is 0.895 bits per heavy atom. The van der Waals surface area contributed by atoms with E-state index in [0.29, 0.717) is 16.9 Å². The molecule has 0 fully saturated rings. The molecular weight excluding hydrogens is 260 g/mol. The van der Waals surface area contributed by atoms with Gasteiger partial charge in [0.15, 0.2) is 0 Å². The molecule has 4 heteroatoms. The minimum Gasteiger partial charge on any atom is -0.508 e. The normalized spacial score (nSPS) is 16.8. The summed E-state index contributed by atoms with van der Waals surface area (Å²) in [6.45, 7) is 0. The maximum atomic E-state index is 12.5. The third-order valence-corrected chi connectivity index (χ3v) is 5.27. The second-order valence-electron chi connectivity index (χ2n) is 4.79. The Bertz CT molecular complexity index is 716. The third kappa shape index (κ3) is 2.12. The molecule has 2 aromatic carbocycles. The van der Waals surface area contributed by atoms with Gasteiger partial charge < -0.3 is 5.11 Å². The predicted octanol–water partition coefficient (Wildman–Crippen LogP) is 2.71. The van der Waals surface area contributed by atoms with E-state index in [1.165, 1.54) is 12.1 Å². The van der Waals surface area contributed by atoms with Gasteiger partial charge in [0.1, 0.15) is 5.75 Å². The van der Waals surface area contributed by atoms with Gasteiger partial charge in [0.25, 0.3) is 0 Å². The number of hydrogen-bond acceptors (Lipinski definition) is 3. The summed E-state index contributed by atoms with van der Waals surface area (Å²) in [6, 6.07) is 11.5. The first-order valence-electron chi connectivity index (χ1n) is 6.23. The quantitative estimate of drug-likeness (QED) is 0.803. The molecule has 1 N–H and O–H groups in total. The van der Waals surface area contributed by atoms with E-state index in [1.807, 2.05) is 12.1 Å². The van der Waals surface area contributed by atoms with E-state index in [-0.39, 0.29) is 10.6 Å². The van der Waals surface area contributed by atoms with Gasteiger partial charge in [0, 0.05) is 0 Å². The molecule has 4 rings (SSSR count). The molecule has 98 valence electrons. The lowest BCUT2D eigenvalue weighted by atomic mass is 10.0. The van der Waals surface area contributed by atoms with Crippen molar-refractivity contribution in [2.24, 2.45) is 0 Å². The second kappa shape index (κ2) is 4.38. The van der Waals surface area contributed by atoms with E-state index in [9.17, 15) is 13.5 Å². The van der Waals surface area contributed by atoms with E-state index in [0.717, 1.165) is 18.4 Å². The first-order chi connectivity index (χ1) is 9.07. The van der Waals surface area contributed by atoms with Gasteiger partial charge in [-0.1, -0.05) is 12.1 Å².